The summed E-state index contributed by atoms with van der Waals surface area (Å²) in [7, 11) is -3.59. The number of anilines is 1. The van der Waals surface area contributed by atoms with Crippen molar-refractivity contribution in [3.8, 4) is 5.75 Å². The molecule has 0 aliphatic rings. The largest absolute Gasteiger partial charge is 0.494 e. The topological polar surface area (TPSA) is 46.6 Å². The van der Waals surface area contributed by atoms with E-state index in [9.17, 15) is 8.42 Å². The van der Waals surface area contributed by atoms with E-state index in [4.69, 9.17) is 4.74 Å². The molecule has 2 aromatic carbocycles. The van der Waals surface area contributed by atoms with E-state index in [1.807, 2.05) is 45.0 Å². The summed E-state index contributed by atoms with van der Waals surface area (Å²) in [4.78, 5) is 0.272. The fourth-order valence-corrected chi connectivity index (χ4v) is 4.04. The lowest BCUT2D eigenvalue weighted by Crippen LogP contribution is -2.31. The van der Waals surface area contributed by atoms with Crippen molar-refractivity contribution >= 4 is 15.7 Å². The third-order valence-corrected chi connectivity index (χ3v) is 5.55. The number of ether oxygens (including phenoxy) is 1. The molecule has 0 aliphatic carbocycles. The second-order valence-corrected chi connectivity index (χ2v) is 6.92. The Balaban J connectivity index is 2.43. The van der Waals surface area contributed by atoms with E-state index in [2.05, 4.69) is 0 Å². The number of aryl methyl sites for hydroxylation is 1. The summed E-state index contributed by atoms with van der Waals surface area (Å²) >= 11 is 0. The maximum Gasteiger partial charge on any atom is 0.264 e. The first kappa shape index (κ1) is 17.3. The van der Waals surface area contributed by atoms with Crippen molar-refractivity contribution in [3.05, 3.63) is 54.1 Å². The Morgan fingerprint density at radius 3 is 2.17 bits per heavy atom. The summed E-state index contributed by atoms with van der Waals surface area (Å²) in [5, 5.41) is 0. The summed E-state index contributed by atoms with van der Waals surface area (Å²) in [6.45, 7) is 6.70. The van der Waals surface area contributed by atoms with Crippen molar-refractivity contribution in [2.24, 2.45) is 0 Å². The molecular formula is C18H23NO3S. The second-order valence-electron chi connectivity index (χ2n) is 5.06. The van der Waals surface area contributed by atoms with Crippen molar-refractivity contribution < 1.29 is 13.2 Å². The average Bonchev–Trinajstić information content (AvgIpc) is 2.56. The first-order valence-electron chi connectivity index (χ1n) is 7.88. The van der Waals surface area contributed by atoms with Crippen LogP contribution in [0.25, 0.3) is 0 Å². The van der Waals surface area contributed by atoms with Gasteiger partial charge in [-0.3, -0.25) is 4.31 Å². The molecule has 0 spiro atoms. The van der Waals surface area contributed by atoms with Gasteiger partial charge in [0, 0.05) is 6.54 Å². The van der Waals surface area contributed by atoms with Crippen LogP contribution in [0.2, 0.25) is 0 Å². The highest BCUT2D eigenvalue weighted by Crippen LogP contribution is 2.28. The number of rotatable bonds is 7. The molecule has 0 bridgehead atoms. The molecule has 0 saturated carbocycles. The highest BCUT2D eigenvalue weighted by atomic mass is 32.2. The number of nitrogens with zero attached hydrogens (tertiary/aromatic N) is 1. The zero-order valence-electron chi connectivity index (χ0n) is 13.8. The van der Waals surface area contributed by atoms with Gasteiger partial charge in [-0.05, 0) is 56.2 Å². The van der Waals surface area contributed by atoms with Crippen LogP contribution in [-0.2, 0) is 16.4 Å². The van der Waals surface area contributed by atoms with Crippen LogP contribution in [-0.4, -0.2) is 21.6 Å². The number of sulfonamides is 1. The SMILES string of the molecule is CCOc1ccc(S(=O)(=O)N(CC)c2ccccc2CC)cc1. The van der Waals surface area contributed by atoms with Gasteiger partial charge in [0.05, 0.1) is 17.2 Å². The van der Waals surface area contributed by atoms with Gasteiger partial charge in [-0.1, -0.05) is 25.1 Å². The third kappa shape index (κ3) is 3.67. The van der Waals surface area contributed by atoms with Gasteiger partial charge in [-0.15, -0.1) is 0 Å². The molecule has 0 radical (unpaired) electrons. The van der Waals surface area contributed by atoms with Crippen molar-refractivity contribution in [1.29, 1.82) is 0 Å². The van der Waals surface area contributed by atoms with Crippen molar-refractivity contribution in [1.82, 2.24) is 0 Å². The van der Waals surface area contributed by atoms with Gasteiger partial charge in [-0.2, -0.15) is 0 Å². The van der Waals surface area contributed by atoms with Crippen LogP contribution < -0.4 is 9.04 Å². The van der Waals surface area contributed by atoms with E-state index in [0.717, 1.165) is 17.7 Å². The van der Waals surface area contributed by atoms with E-state index in [0.29, 0.717) is 18.9 Å². The summed E-state index contributed by atoms with van der Waals surface area (Å²) in [6.07, 6.45) is 0.783. The van der Waals surface area contributed by atoms with Crippen LogP contribution in [0.3, 0.4) is 0 Å². The van der Waals surface area contributed by atoms with Gasteiger partial charge in [-0.25, -0.2) is 8.42 Å². The number of hydrogen-bond donors (Lipinski definition) is 0. The molecule has 0 amide bonds. The molecule has 124 valence electrons. The van der Waals surface area contributed by atoms with Gasteiger partial charge in [0.1, 0.15) is 5.75 Å². The zero-order chi connectivity index (χ0) is 16.9. The summed E-state index contributed by atoms with van der Waals surface area (Å²) in [5.74, 6) is 0.670. The monoisotopic (exact) mass is 333 g/mol. The first-order chi connectivity index (χ1) is 11.0. The Morgan fingerprint density at radius 1 is 0.957 bits per heavy atom. The predicted molar refractivity (Wildman–Crippen MR) is 93.6 cm³/mol. The number of para-hydroxylation sites is 1. The normalized spacial score (nSPS) is 11.3. The molecule has 0 heterocycles. The Morgan fingerprint density at radius 2 is 1.61 bits per heavy atom. The van der Waals surface area contributed by atoms with Gasteiger partial charge < -0.3 is 4.74 Å². The molecule has 2 rings (SSSR count). The first-order valence-corrected chi connectivity index (χ1v) is 9.32. The smallest absolute Gasteiger partial charge is 0.264 e. The van der Waals surface area contributed by atoms with Crippen LogP contribution in [0.1, 0.15) is 26.3 Å². The lowest BCUT2D eigenvalue weighted by Gasteiger charge is -2.25. The summed E-state index contributed by atoms with van der Waals surface area (Å²) in [6, 6.07) is 14.2. The Labute approximate surface area is 138 Å². The highest BCUT2D eigenvalue weighted by molar-refractivity contribution is 7.92. The molecule has 0 fully saturated rings. The lowest BCUT2D eigenvalue weighted by molar-refractivity contribution is 0.340. The summed E-state index contributed by atoms with van der Waals surface area (Å²) < 4.78 is 32.8. The van der Waals surface area contributed by atoms with E-state index < -0.39 is 10.0 Å². The molecular weight excluding hydrogens is 310 g/mol. The maximum atomic E-state index is 13.0. The van der Waals surface area contributed by atoms with Crippen LogP contribution >= 0.6 is 0 Å². The van der Waals surface area contributed by atoms with Crippen LogP contribution in [0.5, 0.6) is 5.75 Å². The molecule has 0 aliphatic heterocycles. The minimum Gasteiger partial charge on any atom is -0.494 e. The highest BCUT2D eigenvalue weighted by Gasteiger charge is 2.24. The van der Waals surface area contributed by atoms with E-state index >= 15 is 0 Å². The van der Waals surface area contributed by atoms with Gasteiger partial charge >= 0.3 is 0 Å². The molecule has 0 unspecified atom stereocenters. The third-order valence-electron chi connectivity index (χ3n) is 3.65. The van der Waals surface area contributed by atoms with Gasteiger partial charge in [0.15, 0.2) is 0 Å². The van der Waals surface area contributed by atoms with Crippen LogP contribution in [0, 0.1) is 0 Å². The lowest BCUT2D eigenvalue weighted by atomic mass is 10.1. The van der Waals surface area contributed by atoms with Crippen molar-refractivity contribution in [2.75, 3.05) is 17.5 Å². The van der Waals surface area contributed by atoms with Crippen LogP contribution in [0.15, 0.2) is 53.4 Å². The van der Waals surface area contributed by atoms with Gasteiger partial charge in [0.2, 0.25) is 0 Å². The molecule has 0 aromatic heterocycles. The molecule has 0 atom stereocenters. The molecule has 23 heavy (non-hydrogen) atoms. The van der Waals surface area contributed by atoms with Crippen molar-refractivity contribution in [2.45, 2.75) is 32.1 Å². The molecule has 0 saturated heterocycles. The van der Waals surface area contributed by atoms with Crippen LogP contribution in [0.4, 0.5) is 5.69 Å². The number of benzene rings is 2. The quantitative estimate of drug-likeness (QED) is 0.773. The molecule has 4 nitrogen and oxygen atoms in total. The van der Waals surface area contributed by atoms with Crippen molar-refractivity contribution in [3.63, 3.8) is 0 Å². The average molecular weight is 333 g/mol. The fourth-order valence-electron chi connectivity index (χ4n) is 2.52. The van der Waals surface area contributed by atoms with E-state index in [1.165, 1.54) is 4.31 Å². The zero-order valence-corrected chi connectivity index (χ0v) is 14.6. The van der Waals surface area contributed by atoms with E-state index in [1.54, 1.807) is 24.3 Å². The minimum absolute atomic E-state index is 0.272. The Hall–Kier alpha value is -2.01. The standard InChI is InChI=1S/C18H23NO3S/c1-4-15-9-7-8-10-18(15)19(5-2)23(20,21)17-13-11-16(12-14-17)22-6-3/h7-14H,4-6H2,1-3H3. The Bertz CT molecular complexity index is 739. The maximum absolute atomic E-state index is 13.0. The molecule has 2 aromatic rings. The predicted octanol–water partition coefficient (Wildman–Crippen LogP) is 3.86. The number of hydrogen-bond acceptors (Lipinski definition) is 3. The Kier molecular flexibility index (Phi) is 5.66. The second kappa shape index (κ2) is 7.51. The van der Waals surface area contributed by atoms with Gasteiger partial charge in [0.25, 0.3) is 10.0 Å². The van der Waals surface area contributed by atoms with E-state index in [-0.39, 0.29) is 4.90 Å². The molecule has 5 heteroatoms. The minimum atomic E-state index is -3.59. The molecule has 0 N–H and O–H groups in total. The fraction of sp³-hybridized carbons (Fsp3) is 0.333. The summed E-state index contributed by atoms with van der Waals surface area (Å²) in [5.41, 5.74) is 1.76.